The van der Waals surface area contributed by atoms with Gasteiger partial charge in [0.05, 0.1) is 0 Å². The lowest BCUT2D eigenvalue weighted by molar-refractivity contribution is 0.0878. The summed E-state index contributed by atoms with van der Waals surface area (Å²) in [6.45, 7) is 0. The first kappa shape index (κ1) is 12.1. The van der Waals surface area contributed by atoms with Gasteiger partial charge < -0.3 is 4.74 Å². The topological polar surface area (TPSA) is 26.3 Å². The SMILES string of the molecule is O=C(c1ccc(Br)cc1)c1ccc2c(c1)C1C=CC2O1. The second-order valence-corrected chi connectivity index (χ2v) is 5.96. The second-order valence-electron chi connectivity index (χ2n) is 5.04. The summed E-state index contributed by atoms with van der Waals surface area (Å²) >= 11 is 3.38. The van der Waals surface area contributed by atoms with Crippen LogP contribution >= 0.6 is 15.9 Å². The van der Waals surface area contributed by atoms with Crippen molar-refractivity contribution in [3.8, 4) is 0 Å². The zero-order chi connectivity index (χ0) is 13.7. The van der Waals surface area contributed by atoms with Gasteiger partial charge in [0, 0.05) is 15.6 Å². The lowest BCUT2D eigenvalue weighted by atomic mass is 9.92. The van der Waals surface area contributed by atoms with E-state index in [4.69, 9.17) is 4.74 Å². The molecule has 0 aromatic heterocycles. The van der Waals surface area contributed by atoms with Crippen LogP contribution in [0.5, 0.6) is 0 Å². The van der Waals surface area contributed by atoms with Crippen LogP contribution in [0.2, 0.25) is 0 Å². The molecule has 2 atom stereocenters. The minimum atomic E-state index is 0.0210. The highest BCUT2D eigenvalue weighted by molar-refractivity contribution is 9.10. The van der Waals surface area contributed by atoms with Crippen LogP contribution in [0.25, 0.3) is 0 Å². The molecule has 3 heteroatoms. The number of hydrogen-bond acceptors (Lipinski definition) is 2. The molecule has 0 saturated carbocycles. The van der Waals surface area contributed by atoms with Crippen molar-refractivity contribution in [2.24, 2.45) is 0 Å². The molecule has 0 fully saturated rings. The van der Waals surface area contributed by atoms with Gasteiger partial charge in [-0.25, -0.2) is 0 Å². The summed E-state index contributed by atoms with van der Waals surface area (Å²) in [5.41, 5.74) is 3.73. The van der Waals surface area contributed by atoms with Crippen molar-refractivity contribution in [1.82, 2.24) is 0 Å². The van der Waals surface area contributed by atoms with Gasteiger partial charge in [0.15, 0.2) is 5.78 Å². The molecule has 2 heterocycles. The highest BCUT2D eigenvalue weighted by Crippen LogP contribution is 2.45. The summed E-state index contributed by atoms with van der Waals surface area (Å²) in [6, 6.07) is 13.3. The van der Waals surface area contributed by atoms with E-state index in [0.29, 0.717) is 5.56 Å². The number of rotatable bonds is 2. The molecule has 0 radical (unpaired) electrons. The molecule has 2 unspecified atom stereocenters. The Labute approximate surface area is 125 Å². The van der Waals surface area contributed by atoms with E-state index in [9.17, 15) is 4.79 Å². The summed E-state index contributed by atoms with van der Waals surface area (Å²) < 4.78 is 6.74. The highest BCUT2D eigenvalue weighted by Gasteiger charge is 2.33. The Hall–Kier alpha value is -1.71. The van der Waals surface area contributed by atoms with Crippen molar-refractivity contribution in [2.75, 3.05) is 0 Å². The Balaban J connectivity index is 1.72. The number of fused-ring (bicyclic) bond motifs is 5. The number of hydrogen-bond donors (Lipinski definition) is 0. The summed E-state index contributed by atoms with van der Waals surface area (Å²) in [5.74, 6) is 0.0482. The van der Waals surface area contributed by atoms with E-state index in [1.807, 2.05) is 42.5 Å². The van der Waals surface area contributed by atoms with Crippen LogP contribution in [0.3, 0.4) is 0 Å². The van der Waals surface area contributed by atoms with Crippen LogP contribution in [0, 0.1) is 0 Å². The fourth-order valence-corrected chi connectivity index (χ4v) is 3.06. The standard InChI is InChI=1S/C17H11BrO2/c18-12-4-1-10(2-5-12)17(19)11-3-6-13-14(9-11)16-8-7-15(13)20-16/h1-9,15-16H. The van der Waals surface area contributed by atoms with E-state index in [2.05, 4.69) is 28.1 Å². The van der Waals surface area contributed by atoms with E-state index in [0.717, 1.165) is 15.6 Å². The third-order valence-electron chi connectivity index (χ3n) is 3.82. The highest BCUT2D eigenvalue weighted by atomic mass is 79.9. The molecule has 2 bridgehead atoms. The molecule has 2 aliphatic heterocycles. The lowest BCUT2D eigenvalue weighted by Gasteiger charge is -2.09. The first-order valence-electron chi connectivity index (χ1n) is 6.50. The molecule has 20 heavy (non-hydrogen) atoms. The van der Waals surface area contributed by atoms with Gasteiger partial charge in [-0.1, -0.05) is 40.2 Å². The molecule has 98 valence electrons. The summed E-state index contributed by atoms with van der Waals surface area (Å²) in [6.07, 6.45) is 4.23. The number of carbonyl (C=O) groups excluding carboxylic acids is 1. The van der Waals surface area contributed by atoms with Crippen molar-refractivity contribution in [1.29, 1.82) is 0 Å². The van der Waals surface area contributed by atoms with Gasteiger partial charge in [-0.05, 0) is 41.5 Å². The molecule has 0 aliphatic carbocycles. The van der Waals surface area contributed by atoms with Gasteiger partial charge >= 0.3 is 0 Å². The first-order chi connectivity index (χ1) is 9.72. The summed E-state index contributed by atoms with van der Waals surface area (Å²) in [5, 5.41) is 0. The number of halogens is 1. The molecule has 0 amide bonds. The number of ether oxygens (including phenoxy) is 1. The van der Waals surface area contributed by atoms with Crippen molar-refractivity contribution < 1.29 is 9.53 Å². The van der Waals surface area contributed by atoms with Crippen LogP contribution < -0.4 is 0 Å². The Morgan fingerprint density at radius 1 is 0.900 bits per heavy atom. The average molecular weight is 327 g/mol. The number of carbonyl (C=O) groups is 1. The summed E-state index contributed by atoms with van der Waals surface area (Å²) in [7, 11) is 0. The van der Waals surface area contributed by atoms with E-state index in [-0.39, 0.29) is 18.0 Å². The third-order valence-corrected chi connectivity index (χ3v) is 4.35. The monoisotopic (exact) mass is 326 g/mol. The van der Waals surface area contributed by atoms with Gasteiger partial charge in [0.25, 0.3) is 0 Å². The zero-order valence-electron chi connectivity index (χ0n) is 10.5. The predicted molar refractivity (Wildman–Crippen MR) is 79.7 cm³/mol. The third kappa shape index (κ3) is 1.78. The molecule has 2 nitrogen and oxygen atoms in total. The Kier molecular flexibility index (Phi) is 2.65. The van der Waals surface area contributed by atoms with Crippen LogP contribution in [0.4, 0.5) is 0 Å². The van der Waals surface area contributed by atoms with Crippen molar-refractivity contribution >= 4 is 21.7 Å². The molecule has 0 saturated heterocycles. The summed E-state index contributed by atoms with van der Waals surface area (Å²) in [4.78, 5) is 12.5. The predicted octanol–water partition coefficient (Wildman–Crippen LogP) is 4.36. The van der Waals surface area contributed by atoms with Crippen molar-refractivity contribution in [3.63, 3.8) is 0 Å². The van der Waals surface area contributed by atoms with Crippen molar-refractivity contribution in [3.05, 3.63) is 81.3 Å². The second kappa shape index (κ2) is 4.40. The molecule has 2 aromatic carbocycles. The largest absolute Gasteiger partial charge is 0.357 e. The Bertz CT molecular complexity index is 731. The van der Waals surface area contributed by atoms with Gasteiger partial charge in [0.1, 0.15) is 12.2 Å². The molecule has 0 N–H and O–H groups in total. The van der Waals surface area contributed by atoms with Gasteiger partial charge in [-0.15, -0.1) is 0 Å². The number of benzene rings is 2. The zero-order valence-corrected chi connectivity index (χ0v) is 12.1. The van der Waals surface area contributed by atoms with Crippen molar-refractivity contribution in [2.45, 2.75) is 12.2 Å². The molecule has 2 aromatic rings. The maximum atomic E-state index is 12.5. The van der Waals surface area contributed by atoms with E-state index in [1.54, 1.807) is 0 Å². The van der Waals surface area contributed by atoms with E-state index in [1.165, 1.54) is 5.56 Å². The average Bonchev–Trinajstić information content (AvgIpc) is 3.09. The quantitative estimate of drug-likeness (QED) is 0.605. The van der Waals surface area contributed by atoms with Crippen LogP contribution in [0.1, 0.15) is 39.3 Å². The van der Waals surface area contributed by atoms with E-state index >= 15 is 0 Å². The molecule has 4 rings (SSSR count). The Morgan fingerprint density at radius 2 is 1.55 bits per heavy atom. The smallest absolute Gasteiger partial charge is 0.193 e. The minimum Gasteiger partial charge on any atom is -0.357 e. The maximum Gasteiger partial charge on any atom is 0.193 e. The first-order valence-corrected chi connectivity index (χ1v) is 7.29. The van der Waals surface area contributed by atoms with Gasteiger partial charge in [-0.3, -0.25) is 4.79 Å². The molecular weight excluding hydrogens is 316 g/mol. The minimum absolute atomic E-state index is 0.0210. The maximum absolute atomic E-state index is 12.5. The molecule has 0 spiro atoms. The van der Waals surface area contributed by atoms with Crippen LogP contribution in [-0.2, 0) is 4.74 Å². The van der Waals surface area contributed by atoms with Gasteiger partial charge in [0.2, 0.25) is 0 Å². The van der Waals surface area contributed by atoms with Crippen LogP contribution in [0.15, 0.2) is 59.1 Å². The van der Waals surface area contributed by atoms with Crippen LogP contribution in [-0.4, -0.2) is 5.78 Å². The molecule has 2 aliphatic rings. The van der Waals surface area contributed by atoms with Gasteiger partial charge in [-0.2, -0.15) is 0 Å². The lowest BCUT2D eigenvalue weighted by Crippen LogP contribution is -2.03. The molecular formula is C17H11BrO2. The fraction of sp³-hybridized carbons (Fsp3) is 0.118. The van der Waals surface area contributed by atoms with E-state index < -0.39 is 0 Å². The fourth-order valence-electron chi connectivity index (χ4n) is 2.79. The normalized spacial score (nSPS) is 22.1. The Morgan fingerprint density at radius 3 is 2.30 bits per heavy atom. The number of ketones is 1.